The Hall–Kier alpha value is -2.80. The van der Waals surface area contributed by atoms with E-state index in [2.05, 4.69) is 26.8 Å². The van der Waals surface area contributed by atoms with Gasteiger partial charge in [-0.05, 0) is 71.1 Å². The molecular formula is C26H41NO6. The van der Waals surface area contributed by atoms with Crippen molar-refractivity contribution >= 4 is 17.6 Å². The van der Waals surface area contributed by atoms with E-state index >= 15 is 0 Å². The lowest BCUT2D eigenvalue weighted by molar-refractivity contribution is -0.141. The molecule has 1 atom stereocenters. The number of ether oxygens (including phenoxy) is 2. The summed E-state index contributed by atoms with van der Waals surface area (Å²) in [5, 5.41) is 17.5. The number of carbonyl (C=O) groups excluding carboxylic acids is 1. The number of hydrogen-bond donors (Lipinski definition) is 3. The monoisotopic (exact) mass is 463 g/mol. The van der Waals surface area contributed by atoms with Crippen LogP contribution in [0.5, 0.6) is 5.75 Å². The molecule has 0 aliphatic heterocycles. The fourth-order valence-electron chi connectivity index (χ4n) is 2.81. The Morgan fingerprint density at radius 1 is 1.21 bits per heavy atom. The van der Waals surface area contributed by atoms with Gasteiger partial charge in [0.2, 0.25) is 0 Å². The highest BCUT2D eigenvalue weighted by molar-refractivity contribution is 5.91. The summed E-state index contributed by atoms with van der Waals surface area (Å²) in [5.74, 6) is -1.11. The third-order valence-electron chi connectivity index (χ3n) is 4.90. The number of hydrogen-bond acceptors (Lipinski definition) is 6. The third kappa shape index (κ3) is 14.8. The van der Waals surface area contributed by atoms with E-state index in [0.717, 1.165) is 18.4 Å². The van der Waals surface area contributed by atoms with Gasteiger partial charge in [-0.1, -0.05) is 31.9 Å². The molecule has 1 rings (SSSR count). The number of benzene rings is 1. The number of carboxylic acids is 1. The molecule has 0 heterocycles. The van der Waals surface area contributed by atoms with Crippen LogP contribution in [0.3, 0.4) is 0 Å². The van der Waals surface area contributed by atoms with Crippen molar-refractivity contribution in [3.63, 3.8) is 0 Å². The van der Waals surface area contributed by atoms with Gasteiger partial charge in [0, 0.05) is 24.9 Å². The normalized spacial score (nSPS) is 12.9. The molecule has 0 saturated carbocycles. The van der Waals surface area contributed by atoms with Crippen molar-refractivity contribution in [2.45, 2.75) is 78.9 Å². The highest BCUT2D eigenvalue weighted by Gasteiger charge is 2.15. The number of carboxylic acid groups (broad SMARTS) is 1. The first-order chi connectivity index (χ1) is 15.3. The van der Waals surface area contributed by atoms with Crippen molar-refractivity contribution in [1.82, 2.24) is 0 Å². The number of nitrogen functional groups attached to an aromatic ring is 1. The van der Waals surface area contributed by atoms with Gasteiger partial charge in [-0.2, -0.15) is 0 Å². The van der Waals surface area contributed by atoms with Crippen LogP contribution in [0.1, 0.15) is 77.6 Å². The molecule has 4 N–H and O–H groups in total. The van der Waals surface area contributed by atoms with E-state index in [4.69, 9.17) is 25.4 Å². The minimum Gasteiger partial charge on any atom is -0.507 e. The van der Waals surface area contributed by atoms with Crippen molar-refractivity contribution < 1.29 is 29.3 Å². The second-order valence-corrected chi connectivity index (χ2v) is 9.06. The van der Waals surface area contributed by atoms with Gasteiger partial charge in [0.15, 0.2) is 0 Å². The number of carbonyl (C=O) groups is 2. The Kier molecular flexibility index (Phi) is 13.8. The fourth-order valence-corrected chi connectivity index (χ4v) is 2.81. The largest absolute Gasteiger partial charge is 0.507 e. The molecule has 0 fully saturated rings. The molecule has 0 aliphatic rings. The molecule has 0 saturated heterocycles. The van der Waals surface area contributed by atoms with Gasteiger partial charge < -0.3 is 25.4 Å². The lowest BCUT2D eigenvalue weighted by atomic mass is 9.95. The van der Waals surface area contributed by atoms with Gasteiger partial charge in [-0.15, -0.1) is 0 Å². The number of anilines is 1. The topological polar surface area (TPSA) is 119 Å². The van der Waals surface area contributed by atoms with Crippen LogP contribution >= 0.6 is 0 Å². The van der Waals surface area contributed by atoms with Crippen LogP contribution in [-0.2, 0) is 14.3 Å². The summed E-state index contributed by atoms with van der Waals surface area (Å²) in [6.07, 6.45) is 10.1. The second kappa shape index (κ2) is 15.1. The number of esters is 1. The van der Waals surface area contributed by atoms with E-state index in [9.17, 15) is 9.59 Å². The van der Waals surface area contributed by atoms with Crippen molar-refractivity contribution in [2.24, 2.45) is 5.92 Å². The standard InChI is InChI=1S/C19H34O3.C7H7NO3/c1-15(2)22-18(20)14-17(4)11-8-10-16(3)12-9-13-19(5,6)21-7;8-4-1-2-5(7(10)11)6(9)3-4/h8,11,14-16H,9-10,12-13H2,1-7H3;1-3,9H,8H2,(H,10,11)/b11-8+,17-14+;. The average Bonchev–Trinajstić information content (AvgIpc) is 2.67. The van der Waals surface area contributed by atoms with E-state index in [-0.39, 0.29) is 29.0 Å². The van der Waals surface area contributed by atoms with Crippen molar-refractivity contribution in [2.75, 3.05) is 12.8 Å². The lowest BCUT2D eigenvalue weighted by Crippen LogP contribution is -2.22. The number of aromatic hydroxyl groups is 1. The van der Waals surface area contributed by atoms with Gasteiger partial charge >= 0.3 is 11.9 Å². The second-order valence-electron chi connectivity index (χ2n) is 9.06. The van der Waals surface area contributed by atoms with Gasteiger partial charge in [-0.25, -0.2) is 9.59 Å². The molecule has 0 spiro atoms. The minimum absolute atomic E-state index is 0.0222. The van der Waals surface area contributed by atoms with Gasteiger partial charge in [0.05, 0.1) is 11.7 Å². The first-order valence-corrected chi connectivity index (χ1v) is 11.2. The van der Waals surface area contributed by atoms with Crippen LogP contribution in [0.25, 0.3) is 0 Å². The maximum Gasteiger partial charge on any atom is 0.339 e. The Labute approximate surface area is 198 Å². The van der Waals surface area contributed by atoms with E-state index in [1.165, 1.54) is 31.0 Å². The predicted octanol–water partition coefficient (Wildman–Crippen LogP) is 5.73. The number of rotatable bonds is 11. The zero-order chi connectivity index (χ0) is 25.6. The molecule has 7 nitrogen and oxygen atoms in total. The molecule has 1 aromatic carbocycles. The van der Waals surface area contributed by atoms with E-state index < -0.39 is 5.97 Å². The number of methoxy groups -OCH3 is 1. The van der Waals surface area contributed by atoms with Crippen LogP contribution in [0.2, 0.25) is 0 Å². The Morgan fingerprint density at radius 3 is 2.36 bits per heavy atom. The van der Waals surface area contributed by atoms with Crippen LogP contribution in [0, 0.1) is 5.92 Å². The Bertz CT molecular complexity index is 811. The molecule has 33 heavy (non-hydrogen) atoms. The maximum absolute atomic E-state index is 11.5. The molecule has 0 amide bonds. The molecule has 1 aromatic rings. The molecule has 1 unspecified atom stereocenters. The highest BCUT2D eigenvalue weighted by Crippen LogP contribution is 2.21. The predicted molar refractivity (Wildman–Crippen MR) is 132 cm³/mol. The summed E-state index contributed by atoms with van der Waals surface area (Å²) in [7, 11) is 1.77. The van der Waals surface area contributed by atoms with Crippen molar-refractivity contribution in [3.8, 4) is 5.75 Å². The summed E-state index contributed by atoms with van der Waals surface area (Å²) in [4.78, 5) is 21.8. The van der Waals surface area contributed by atoms with Crippen LogP contribution in [0.4, 0.5) is 5.69 Å². The first kappa shape index (κ1) is 30.2. The average molecular weight is 464 g/mol. The third-order valence-corrected chi connectivity index (χ3v) is 4.90. The minimum atomic E-state index is -1.16. The van der Waals surface area contributed by atoms with Crippen LogP contribution in [-0.4, -0.2) is 41.0 Å². The Balaban J connectivity index is 0.000000771. The Morgan fingerprint density at radius 2 is 1.85 bits per heavy atom. The molecule has 0 aliphatic carbocycles. The van der Waals surface area contributed by atoms with E-state index in [0.29, 0.717) is 11.6 Å². The number of nitrogens with two attached hydrogens (primary N) is 1. The molecule has 0 radical (unpaired) electrons. The summed E-state index contributed by atoms with van der Waals surface area (Å²) in [6, 6.07) is 3.87. The van der Waals surface area contributed by atoms with E-state index in [1.54, 1.807) is 13.2 Å². The summed E-state index contributed by atoms with van der Waals surface area (Å²) in [6.45, 7) is 12.1. The molecule has 186 valence electrons. The van der Waals surface area contributed by atoms with E-state index in [1.807, 2.05) is 26.8 Å². The quantitative estimate of drug-likeness (QED) is 0.166. The first-order valence-electron chi connectivity index (χ1n) is 11.2. The number of allylic oxidation sites excluding steroid dienone is 3. The zero-order valence-electron chi connectivity index (χ0n) is 21.1. The van der Waals surface area contributed by atoms with Crippen molar-refractivity contribution in [3.05, 3.63) is 47.6 Å². The zero-order valence-corrected chi connectivity index (χ0v) is 21.1. The van der Waals surface area contributed by atoms with Gasteiger partial charge in [-0.3, -0.25) is 0 Å². The van der Waals surface area contributed by atoms with Crippen LogP contribution < -0.4 is 5.73 Å². The SMILES string of the molecule is COC(C)(C)CCCC(C)C/C=C/C(C)=C/C(=O)OC(C)C.Nc1ccc(C(=O)O)c(O)c1. The van der Waals surface area contributed by atoms with Gasteiger partial charge in [0.1, 0.15) is 11.3 Å². The van der Waals surface area contributed by atoms with Crippen molar-refractivity contribution in [1.29, 1.82) is 0 Å². The van der Waals surface area contributed by atoms with Gasteiger partial charge in [0.25, 0.3) is 0 Å². The summed E-state index contributed by atoms with van der Waals surface area (Å²) >= 11 is 0. The molecule has 0 bridgehead atoms. The summed E-state index contributed by atoms with van der Waals surface area (Å²) < 4.78 is 10.5. The van der Waals surface area contributed by atoms with Crippen LogP contribution in [0.15, 0.2) is 42.0 Å². The lowest BCUT2D eigenvalue weighted by Gasteiger charge is -2.23. The summed E-state index contributed by atoms with van der Waals surface area (Å²) in [5.41, 5.74) is 6.38. The fraction of sp³-hybridized carbons (Fsp3) is 0.538. The smallest absolute Gasteiger partial charge is 0.339 e. The molecule has 7 heteroatoms. The maximum atomic E-state index is 11.5. The number of phenols is 1. The molecule has 0 aromatic heterocycles. The molecular weight excluding hydrogens is 422 g/mol. The highest BCUT2D eigenvalue weighted by atomic mass is 16.5. The number of aromatic carboxylic acids is 1.